The van der Waals surface area contributed by atoms with Crippen LogP contribution in [0.15, 0.2) is 12.3 Å². The zero-order chi connectivity index (χ0) is 9.14. The highest BCUT2D eigenvalue weighted by Crippen LogP contribution is 2.13. The van der Waals surface area contributed by atoms with Crippen molar-refractivity contribution in [1.82, 2.24) is 4.98 Å². The van der Waals surface area contributed by atoms with E-state index in [9.17, 15) is 9.59 Å². The first-order chi connectivity index (χ1) is 5.65. The van der Waals surface area contributed by atoms with Gasteiger partial charge in [-0.1, -0.05) is 0 Å². The second-order valence-corrected chi connectivity index (χ2v) is 2.30. The average molecular weight is 165 g/mol. The molecule has 0 radical (unpaired) electrons. The summed E-state index contributed by atoms with van der Waals surface area (Å²) in [6.45, 7) is 1.34. The van der Waals surface area contributed by atoms with Crippen LogP contribution in [0.1, 0.15) is 27.8 Å². The van der Waals surface area contributed by atoms with E-state index in [1.54, 1.807) is 0 Å². The van der Waals surface area contributed by atoms with Crippen molar-refractivity contribution in [2.24, 2.45) is 0 Å². The second kappa shape index (κ2) is 3.13. The van der Waals surface area contributed by atoms with Crippen molar-refractivity contribution in [2.45, 2.75) is 6.92 Å². The monoisotopic (exact) mass is 165 g/mol. The molecule has 4 heteroatoms. The van der Waals surface area contributed by atoms with Crippen LogP contribution in [0.3, 0.4) is 0 Å². The molecule has 1 rings (SSSR count). The number of pyridine rings is 1. The fourth-order valence-electron chi connectivity index (χ4n) is 0.751. The Morgan fingerprint density at radius 1 is 1.67 bits per heavy atom. The quantitative estimate of drug-likeness (QED) is 0.520. The summed E-state index contributed by atoms with van der Waals surface area (Å²) in [6, 6.07) is 1.25. The summed E-state index contributed by atoms with van der Waals surface area (Å²) in [6.07, 6.45) is 1.56. The molecule has 0 fully saturated rings. The summed E-state index contributed by atoms with van der Waals surface area (Å²) in [5.41, 5.74) is 0.255. The molecule has 0 amide bonds. The van der Waals surface area contributed by atoms with Crippen LogP contribution in [0.25, 0.3) is 0 Å². The van der Waals surface area contributed by atoms with Gasteiger partial charge in [0.15, 0.2) is 12.1 Å². The van der Waals surface area contributed by atoms with Crippen LogP contribution < -0.4 is 0 Å². The number of hydrogen-bond acceptors (Lipinski definition) is 4. The van der Waals surface area contributed by atoms with Gasteiger partial charge < -0.3 is 5.11 Å². The van der Waals surface area contributed by atoms with E-state index in [2.05, 4.69) is 4.98 Å². The van der Waals surface area contributed by atoms with Gasteiger partial charge in [-0.25, -0.2) is 4.98 Å². The molecule has 0 atom stereocenters. The summed E-state index contributed by atoms with van der Waals surface area (Å²) < 4.78 is 0. The van der Waals surface area contributed by atoms with Gasteiger partial charge in [0.05, 0.1) is 11.8 Å². The molecule has 0 aliphatic carbocycles. The Morgan fingerprint density at radius 3 is 2.83 bits per heavy atom. The number of rotatable bonds is 2. The molecule has 1 N–H and O–H groups in total. The molecular formula is C8H7NO3. The predicted octanol–water partition coefficient (Wildman–Crippen LogP) is 0.802. The van der Waals surface area contributed by atoms with Crippen LogP contribution in [0.5, 0.6) is 5.75 Å². The third-order valence-corrected chi connectivity index (χ3v) is 1.40. The van der Waals surface area contributed by atoms with Gasteiger partial charge in [0, 0.05) is 6.92 Å². The largest absolute Gasteiger partial charge is 0.506 e. The molecule has 1 aromatic heterocycles. The lowest BCUT2D eigenvalue weighted by molar-refractivity contribution is 0.101. The number of ketones is 1. The second-order valence-electron chi connectivity index (χ2n) is 2.30. The maximum absolute atomic E-state index is 10.8. The van der Waals surface area contributed by atoms with Crippen LogP contribution in [0, 0.1) is 0 Å². The third kappa shape index (κ3) is 1.47. The molecule has 0 bridgehead atoms. The first kappa shape index (κ1) is 8.39. The molecule has 0 aliphatic rings. The molecule has 12 heavy (non-hydrogen) atoms. The SMILES string of the molecule is CC(=O)c1cc(C=O)c(O)cn1. The van der Waals surface area contributed by atoms with E-state index in [1.807, 2.05) is 0 Å². The number of aromatic hydroxyl groups is 1. The minimum atomic E-state index is -0.238. The number of aldehydes is 1. The van der Waals surface area contributed by atoms with Crippen molar-refractivity contribution < 1.29 is 14.7 Å². The normalized spacial score (nSPS) is 9.42. The van der Waals surface area contributed by atoms with E-state index in [-0.39, 0.29) is 22.8 Å². The highest BCUT2D eigenvalue weighted by atomic mass is 16.3. The van der Waals surface area contributed by atoms with Gasteiger partial charge in [-0.05, 0) is 6.07 Å². The molecule has 62 valence electrons. The molecule has 0 spiro atoms. The highest BCUT2D eigenvalue weighted by molar-refractivity contribution is 5.94. The maximum atomic E-state index is 10.8. The molecule has 0 aromatic carbocycles. The Morgan fingerprint density at radius 2 is 2.33 bits per heavy atom. The van der Waals surface area contributed by atoms with Crippen molar-refractivity contribution in [1.29, 1.82) is 0 Å². The first-order valence-corrected chi connectivity index (χ1v) is 3.30. The standard InChI is InChI=1S/C8H7NO3/c1-5(11)7-2-6(4-10)8(12)3-9-7/h2-4,12H,1H3. The van der Waals surface area contributed by atoms with E-state index in [4.69, 9.17) is 5.11 Å². The number of carbonyl (C=O) groups excluding carboxylic acids is 2. The summed E-state index contributed by atoms with van der Waals surface area (Å²) in [5.74, 6) is -0.451. The molecule has 0 aliphatic heterocycles. The van der Waals surface area contributed by atoms with E-state index in [1.165, 1.54) is 13.0 Å². The fraction of sp³-hybridized carbons (Fsp3) is 0.125. The zero-order valence-electron chi connectivity index (χ0n) is 6.44. The summed E-state index contributed by atoms with van der Waals surface area (Å²) in [5, 5.41) is 9.01. The molecular weight excluding hydrogens is 158 g/mol. The van der Waals surface area contributed by atoms with E-state index in [0.29, 0.717) is 6.29 Å². The van der Waals surface area contributed by atoms with E-state index in [0.717, 1.165) is 6.20 Å². The number of carbonyl (C=O) groups is 2. The maximum Gasteiger partial charge on any atom is 0.178 e. The number of hydrogen-bond donors (Lipinski definition) is 1. The third-order valence-electron chi connectivity index (χ3n) is 1.40. The first-order valence-electron chi connectivity index (χ1n) is 3.30. The van der Waals surface area contributed by atoms with E-state index < -0.39 is 0 Å². The van der Waals surface area contributed by atoms with Gasteiger partial charge in [-0.3, -0.25) is 9.59 Å². The molecule has 1 heterocycles. The van der Waals surface area contributed by atoms with Crippen molar-refractivity contribution in [2.75, 3.05) is 0 Å². The van der Waals surface area contributed by atoms with Gasteiger partial charge in [-0.15, -0.1) is 0 Å². The zero-order valence-corrected chi connectivity index (χ0v) is 6.44. The Kier molecular flexibility index (Phi) is 2.19. The molecule has 4 nitrogen and oxygen atoms in total. The van der Waals surface area contributed by atoms with Crippen LogP contribution in [-0.4, -0.2) is 22.2 Å². The average Bonchev–Trinajstić information content (AvgIpc) is 2.05. The van der Waals surface area contributed by atoms with Crippen molar-refractivity contribution in [3.05, 3.63) is 23.5 Å². The Hall–Kier alpha value is -1.71. The lowest BCUT2D eigenvalue weighted by atomic mass is 10.2. The molecule has 0 saturated carbocycles. The van der Waals surface area contributed by atoms with Gasteiger partial charge in [0.1, 0.15) is 11.4 Å². The highest BCUT2D eigenvalue weighted by Gasteiger charge is 2.05. The molecule has 0 unspecified atom stereocenters. The minimum absolute atomic E-state index is 0.0789. The topological polar surface area (TPSA) is 67.3 Å². The summed E-state index contributed by atoms with van der Waals surface area (Å²) >= 11 is 0. The number of nitrogens with zero attached hydrogens (tertiary/aromatic N) is 1. The van der Waals surface area contributed by atoms with Crippen LogP contribution in [0.2, 0.25) is 0 Å². The van der Waals surface area contributed by atoms with Crippen molar-refractivity contribution >= 4 is 12.1 Å². The smallest absolute Gasteiger partial charge is 0.178 e. The van der Waals surface area contributed by atoms with Gasteiger partial charge in [0.2, 0.25) is 0 Å². The predicted molar refractivity (Wildman–Crippen MR) is 41.3 cm³/mol. The van der Waals surface area contributed by atoms with Gasteiger partial charge in [0.25, 0.3) is 0 Å². The number of Topliss-reactive ketones (excluding diaryl/α,β-unsaturated/α-hetero) is 1. The fourth-order valence-corrected chi connectivity index (χ4v) is 0.751. The van der Waals surface area contributed by atoms with E-state index >= 15 is 0 Å². The summed E-state index contributed by atoms with van der Waals surface area (Å²) in [4.78, 5) is 24.7. The lowest BCUT2D eigenvalue weighted by Crippen LogP contribution is -1.97. The Balaban J connectivity index is 3.22. The van der Waals surface area contributed by atoms with Gasteiger partial charge >= 0.3 is 0 Å². The molecule has 0 saturated heterocycles. The van der Waals surface area contributed by atoms with Crippen molar-refractivity contribution in [3.63, 3.8) is 0 Å². The Labute approximate surface area is 68.9 Å². The minimum Gasteiger partial charge on any atom is -0.506 e. The van der Waals surface area contributed by atoms with Crippen LogP contribution in [-0.2, 0) is 0 Å². The summed E-state index contributed by atoms with van der Waals surface area (Å²) in [7, 11) is 0. The lowest BCUT2D eigenvalue weighted by Gasteiger charge is -1.97. The van der Waals surface area contributed by atoms with Crippen molar-refractivity contribution in [3.8, 4) is 5.75 Å². The molecule has 1 aromatic rings. The number of aromatic nitrogens is 1. The van der Waals surface area contributed by atoms with Crippen LogP contribution in [0.4, 0.5) is 0 Å². The van der Waals surface area contributed by atoms with Gasteiger partial charge in [-0.2, -0.15) is 0 Å². The van der Waals surface area contributed by atoms with Crippen LogP contribution >= 0.6 is 0 Å². The Bertz CT molecular complexity index is 333.